The minimum Gasteiger partial charge on any atom is -0.369 e. The zero-order valence-electron chi connectivity index (χ0n) is 15.9. The highest BCUT2D eigenvalue weighted by Gasteiger charge is 2.31. The number of anilines is 1. The second-order valence-electron chi connectivity index (χ2n) is 7.38. The minimum atomic E-state index is -4.35. The fourth-order valence-electron chi connectivity index (χ4n) is 3.22. The molecule has 3 rings (SSSR count). The Bertz CT molecular complexity index is 662. The van der Waals surface area contributed by atoms with E-state index in [-0.39, 0.29) is 0 Å². The molecule has 0 atom stereocenters. The van der Waals surface area contributed by atoms with Crippen LogP contribution in [0.25, 0.3) is 0 Å². The maximum absolute atomic E-state index is 13.2. The molecular weight excluding hydrogens is 355 g/mol. The predicted molar refractivity (Wildman–Crippen MR) is 102 cm³/mol. The van der Waals surface area contributed by atoms with Crippen LogP contribution >= 0.6 is 0 Å². The van der Waals surface area contributed by atoms with Gasteiger partial charge in [-0.3, -0.25) is 4.99 Å². The van der Waals surface area contributed by atoms with Crippen LogP contribution in [0.3, 0.4) is 0 Å². The smallest absolute Gasteiger partial charge is 0.369 e. The van der Waals surface area contributed by atoms with E-state index in [0.29, 0.717) is 24.0 Å². The van der Waals surface area contributed by atoms with Gasteiger partial charge in [-0.15, -0.1) is 0 Å². The summed E-state index contributed by atoms with van der Waals surface area (Å²) in [6.07, 6.45) is -1.89. The van der Waals surface area contributed by atoms with Crippen LogP contribution in [-0.2, 0) is 12.7 Å². The number of hydrogen-bond acceptors (Lipinski definition) is 3. The monoisotopic (exact) mass is 383 g/mol. The lowest BCUT2D eigenvalue weighted by Crippen LogP contribution is -2.45. The summed E-state index contributed by atoms with van der Waals surface area (Å²) < 4.78 is 39.6. The van der Waals surface area contributed by atoms with Crippen LogP contribution in [-0.4, -0.2) is 57.7 Å². The van der Waals surface area contributed by atoms with E-state index in [0.717, 1.165) is 38.4 Å². The third kappa shape index (κ3) is 5.51. The Hall–Kier alpha value is -1.96. The number of hydrogen-bond donors (Lipinski definition) is 2. The van der Waals surface area contributed by atoms with Crippen LogP contribution in [0.1, 0.15) is 24.0 Å². The maximum Gasteiger partial charge on any atom is 0.416 e. The second kappa shape index (κ2) is 8.37. The molecule has 1 aliphatic heterocycles. The van der Waals surface area contributed by atoms with Crippen molar-refractivity contribution < 1.29 is 13.2 Å². The van der Waals surface area contributed by atoms with Gasteiger partial charge < -0.3 is 20.4 Å². The number of likely N-dealkylation sites (N-methyl/N-ethyl adjacent to an activating group) is 1. The molecule has 2 fully saturated rings. The van der Waals surface area contributed by atoms with E-state index in [1.54, 1.807) is 13.1 Å². The first kappa shape index (κ1) is 19.8. The van der Waals surface area contributed by atoms with E-state index < -0.39 is 11.7 Å². The van der Waals surface area contributed by atoms with E-state index in [2.05, 4.69) is 32.5 Å². The summed E-state index contributed by atoms with van der Waals surface area (Å²) in [5.74, 6) is 1.32. The molecule has 27 heavy (non-hydrogen) atoms. The zero-order valence-corrected chi connectivity index (χ0v) is 15.9. The third-order valence-corrected chi connectivity index (χ3v) is 5.18. The molecule has 1 aromatic carbocycles. The van der Waals surface area contributed by atoms with Crippen molar-refractivity contribution in [2.45, 2.75) is 25.6 Å². The lowest BCUT2D eigenvalue weighted by atomic mass is 10.1. The van der Waals surface area contributed by atoms with Gasteiger partial charge in [-0.1, -0.05) is 0 Å². The first-order valence-electron chi connectivity index (χ1n) is 9.45. The summed E-state index contributed by atoms with van der Waals surface area (Å²) >= 11 is 0. The molecule has 0 bridgehead atoms. The molecule has 1 saturated heterocycles. The standard InChI is InChI=1S/C19H28F3N5/c1-23-18(24-12-14-3-4-14)25-13-15-11-16(19(20,21)22)5-6-17(15)27-9-7-26(2)8-10-27/h5-6,11,14H,3-4,7-10,12-13H2,1-2H3,(H2,23,24,25). The third-order valence-electron chi connectivity index (χ3n) is 5.18. The summed E-state index contributed by atoms with van der Waals surface area (Å²) in [5, 5.41) is 6.42. The molecular formula is C19H28F3N5. The number of piperazine rings is 1. The van der Waals surface area contributed by atoms with Crippen molar-refractivity contribution in [1.82, 2.24) is 15.5 Å². The van der Waals surface area contributed by atoms with Gasteiger partial charge in [0.2, 0.25) is 0 Å². The lowest BCUT2D eigenvalue weighted by molar-refractivity contribution is -0.137. The van der Waals surface area contributed by atoms with Gasteiger partial charge in [0, 0.05) is 52.0 Å². The van der Waals surface area contributed by atoms with Gasteiger partial charge >= 0.3 is 6.18 Å². The Labute approximate surface area is 158 Å². The van der Waals surface area contributed by atoms with Crippen molar-refractivity contribution >= 4 is 11.6 Å². The maximum atomic E-state index is 13.2. The van der Waals surface area contributed by atoms with Crippen molar-refractivity contribution in [3.05, 3.63) is 29.3 Å². The van der Waals surface area contributed by atoms with E-state index in [9.17, 15) is 13.2 Å². The van der Waals surface area contributed by atoms with Gasteiger partial charge in [0.05, 0.1) is 5.56 Å². The summed E-state index contributed by atoms with van der Waals surface area (Å²) in [6.45, 7) is 4.58. The molecule has 1 heterocycles. The van der Waals surface area contributed by atoms with Crippen molar-refractivity contribution in [3.8, 4) is 0 Å². The molecule has 2 N–H and O–H groups in total. The topological polar surface area (TPSA) is 42.9 Å². The zero-order chi connectivity index (χ0) is 19.4. The Balaban J connectivity index is 1.74. The molecule has 8 heteroatoms. The summed E-state index contributed by atoms with van der Waals surface area (Å²) in [4.78, 5) is 8.57. The van der Waals surface area contributed by atoms with E-state index >= 15 is 0 Å². The quantitative estimate of drug-likeness (QED) is 0.606. The van der Waals surface area contributed by atoms with E-state index in [1.807, 2.05) is 0 Å². The average Bonchev–Trinajstić information content (AvgIpc) is 3.46. The van der Waals surface area contributed by atoms with Crippen LogP contribution in [0.4, 0.5) is 18.9 Å². The number of aliphatic imine (C=N–C) groups is 1. The lowest BCUT2D eigenvalue weighted by Gasteiger charge is -2.35. The molecule has 1 aliphatic carbocycles. The van der Waals surface area contributed by atoms with Gasteiger partial charge in [-0.05, 0) is 49.6 Å². The summed E-state index contributed by atoms with van der Waals surface area (Å²) in [6, 6.07) is 4.04. The number of nitrogens with one attached hydrogen (secondary N) is 2. The van der Waals surface area contributed by atoms with Gasteiger partial charge in [-0.25, -0.2) is 0 Å². The van der Waals surface area contributed by atoms with Gasteiger partial charge in [0.1, 0.15) is 0 Å². The van der Waals surface area contributed by atoms with Crippen LogP contribution < -0.4 is 15.5 Å². The molecule has 2 aliphatic rings. The fraction of sp³-hybridized carbons (Fsp3) is 0.632. The largest absolute Gasteiger partial charge is 0.416 e. The number of alkyl halides is 3. The second-order valence-corrected chi connectivity index (χ2v) is 7.38. The van der Waals surface area contributed by atoms with Crippen LogP contribution in [0, 0.1) is 5.92 Å². The van der Waals surface area contributed by atoms with Gasteiger partial charge in [-0.2, -0.15) is 13.2 Å². The highest BCUT2D eigenvalue weighted by atomic mass is 19.4. The Morgan fingerprint density at radius 3 is 2.44 bits per heavy atom. The summed E-state index contributed by atoms with van der Waals surface area (Å²) in [7, 11) is 3.73. The molecule has 5 nitrogen and oxygen atoms in total. The molecule has 0 aromatic heterocycles. The molecule has 1 saturated carbocycles. The highest BCUT2D eigenvalue weighted by Crippen LogP contribution is 2.33. The van der Waals surface area contributed by atoms with Crippen molar-refractivity contribution in [1.29, 1.82) is 0 Å². The fourth-order valence-corrected chi connectivity index (χ4v) is 3.22. The predicted octanol–water partition coefficient (Wildman–Crippen LogP) is 2.53. The molecule has 0 radical (unpaired) electrons. The molecule has 1 aromatic rings. The SMILES string of the molecule is CN=C(NCc1cc(C(F)(F)F)ccc1N1CCN(C)CC1)NCC1CC1. The van der Waals surface area contributed by atoms with Crippen LogP contribution in [0.15, 0.2) is 23.2 Å². The normalized spacial score (nSPS) is 19.3. The minimum absolute atomic E-state index is 0.302. The molecule has 0 unspecified atom stereocenters. The van der Waals surface area contributed by atoms with Crippen molar-refractivity contribution in [2.75, 3.05) is 51.7 Å². The first-order chi connectivity index (χ1) is 12.9. The first-order valence-corrected chi connectivity index (χ1v) is 9.45. The summed E-state index contributed by atoms with van der Waals surface area (Å²) in [5.41, 5.74) is 0.892. The van der Waals surface area contributed by atoms with Crippen LogP contribution in [0.2, 0.25) is 0 Å². The number of halogens is 3. The Morgan fingerprint density at radius 2 is 1.85 bits per heavy atom. The van der Waals surface area contributed by atoms with Gasteiger partial charge in [0.25, 0.3) is 0 Å². The number of guanidine groups is 1. The molecule has 0 spiro atoms. The van der Waals surface area contributed by atoms with E-state index in [1.165, 1.54) is 25.0 Å². The van der Waals surface area contributed by atoms with Crippen LogP contribution in [0.5, 0.6) is 0 Å². The molecule has 150 valence electrons. The van der Waals surface area contributed by atoms with Crippen molar-refractivity contribution in [3.63, 3.8) is 0 Å². The molecule has 0 amide bonds. The number of nitrogens with zero attached hydrogens (tertiary/aromatic N) is 3. The van der Waals surface area contributed by atoms with E-state index in [4.69, 9.17) is 0 Å². The average molecular weight is 383 g/mol. The van der Waals surface area contributed by atoms with Gasteiger partial charge in [0.15, 0.2) is 5.96 Å². The number of benzene rings is 1. The highest BCUT2D eigenvalue weighted by molar-refractivity contribution is 5.79. The Kier molecular flexibility index (Phi) is 6.14. The Morgan fingerprint density at radius 1 is 1.15 bits per heavy atom. The number of rotatable bonds is 5. The van der Waals surface area contributed by atoms with Crippen molar-refractivity contribution in [2.24, 2.45) is 10.9 Å².